The standard InChI is InChI=1S/C32H48N4O6/c1-19(2)25-18-27(37)21(5)28(41-7)14-10-16-42-24-12-8-11-23(17-24)29(20(3)4)34-31(39)26-13-9-15-36(35-26)32(40)22(6)33-30(25)38/h8,10-12,14,17,19-22,25-26,28-29,35H,9,13,15-16,18H2,1-7H3,(H,33,38)(H,34,39)/b14-10+/t21-,22-,25?,26-,28+,29+/m0/s1. The van der Waals surface area contributed by atoms with E-state index in [9.17, 15) is 19.2 Å². The number of benzene rings is 1. The van der Waals surface area contributed by atoms with Gasteiger partial charge in [-0.15, -0.1) is 0 Å². The molecule has 3 amide bonds. The molecular weight excluding hydrogens is 536 g/mol. The van der Waals surface area contributed by atoms with E-state index in [-0.39, 0.29) is 54.4 Å². The van der Waals surface area contributed by atoms with E-state index in [1.54, 1.807) is 27.0 Å². The Labute approximate surface area is 249 Å². The number of Topliss-reactive ketones (excluding diaryl/α,β-unsaturated/α-hetero) is 1. The van der Waals surface area contributed by atoms with Crippen LogP contribution in [0.2, 0.25) is 0 Å². The van der Waals surface area contributed by atoms with Crippen LogP contribution in [0.1, 0.15) is 72.4 Å². The molecule has 6 atom stereocenters. The summed E-state index contributed by atoms with van der Waals surface area (Å²) in [5, 5.41) is 7.41. The van der Waals surface area contributed by atoms with Crippen molar-refractivity contribution in [2.45, 2.75) is 85.0 Å². The SMILES string of the molecule is CO[C@@H]1/C=C/COc2cccc(c2)[C@@H](C(C)C)NC(=O)[C@@H]2CCCN(N2)C(=O)[C@H](C)NC(=O)C(C(C)C)CC(=O)[C@@H]1C. The molecule has 1 aromatic carbocycles. The topological polar surface area (TPSA) is 126 Å². The average molecular weight is 585 g/mol. The molecule has 42 heavy (non-hydrogen) atoms. The van der Waals surface area contributed by atoms with Gasteiger partial charge in [0, 0.05) is 31.9 Å². The Bertz CT molecular complexity index is 1140. The number of hydrazine groups is 1. The van der Waals surface area contributed by atoms with E-state index in [0.717, 1.165) is 5.56 Å². The van der Waals surface area contributed by atoms with E-state index in [1.807, 2.05) is 58.0 Å². The van der Waals surface area contributed by atoms with Gasteiger partial charge in [0.15, 0.2) is 0 Å². The monoisotopic (exact) mass is 584 g/mol. The second kappa shape index (κ2) is 15.3. The van der Waals surface area contributed by atoms with Gasteiger partial charge >= 0.3 is 0 Å². The second-order valence-electron chi connectivity index (χ2n) is 12.1. The van der Waals surface area contributed by atoms with Crippen molar-refractivity contribution in [3.05, 3.63) is 42.0 Å². The molecule has 2 aliphatic rings. The molecule has 1 aromatic rings. The van der Waals surface area contributed by atoms with Crippen molar-refractivity contribution in [1.82, 2.24) is 21.1 Å². The van der Waals surface area contributed by atoms with Crippen LogP contribution in [0.25, 0.3) is 0 Å². The number of methoxy groups -OCH3 is 1. The van der Waals surface area contributed by atoms with Crippen LogP contribution in [0.3, 0.4) is 0 Å². The number of carbonyl (C=O) groups excluding carboxylic acids is 4. The fraction of sp³-hybridized carbons (Fsp3) is 0.625. The molecule has 3 N–H and O–H groups in total. The van der Waals surface area contributed by atoms with Gasteiger partial charge in [-0.2, -0.15) is 0 Å². The number of hydrogen-bond acceptors (Lipinski definition) is 7. The van der Waals surface area contributed by atoms with Crippen LogP contribution in [0.5, 0.6) is 5.75 Å². The van der Waals surface area contributed by atoms with Crippen LogP contribution in [0.4, 0.5) is 0 Å². The number of rotatable bonds is 3. The third-order valence-corrected chi connectivity index (χ3v) is 8.19. The summed E-state index contributed by atoms with van der Waals surface area (Å²) >= 11 is 0. The Morgan fingerprint density at radius 1 is 1.00 bits per heavy atom. The van der Waals surface area contributed by atoms with Crippen LogP contribution in [-0.2, 0) is 23.9 Å². The van der Waals surface area contributed by atoms with Gasteiger partial charge in [0.2, 0.25) is 11.8 Å². The summed E-state index contributed by atoms with van der Waals surface area (Å²) in [7, 11) is 1.55. The first kappa shape index (κ1) is 33.3. The lowest BCUT2D eigenvalue weighted by Gasteiger charge is -2.36. The average Bonchev–Trinajstić information content (AvgIpc) is 2.97. The first-order valence-corrected chi connectivity index (χ1v) is 15.1. The Morgan fingerprint density at radius 3 is 2.40 bits per heavy atom. The summed E-state index contributed by atoms with van der Waals surface area (Å²) in [5.41, 5.74) is 3.99. The summed E-state index contributed by atoms with van der Waals surface area (Å²) in [6.45, 7) is 12.0. The molecule has 1 saturated heterocycles. The molecule has 1 fully saturated rings. The molecule has 2 aliphatic heterocycles. The second-order valence-corrected chi connectivity index (χ2v) is 12.1. The molecule has 232 valence electrons. The van der Waals surface area contributed by atoms with Crippen molar-refractivity contribution in [3.63, 3.8) is 0 Å². The smallest absolute Gasteiger partial charge is 0.258 e. The maximum atomic E-state index is 13.4. The highest BCUT2D eigenvalue weighted by Crippen LogP contribution is 2.26. The predicted molar refractivity (Wildman–Crippen MR) is 160 cm³/mol. The molecule has 0 aliphatic carbocycles. The number of nitrogens with zero attached hydrogens (tertiary/aromatic N) is 1. The number of nitrogens with one attached hydrogen (secondary N) is 3. The number of hydrogen-bond donors (Lipinski definition) is 3. The van der Waals surface area contributed by atoms with Crippen LogP contribution < -0.4 is 20.8 Å². The van der Waals surface area contributed by atoms with E-state index in [1.165, 1.54) is 5.01 Å². The minimum atomic E-state index is -0.834. The molecule has 2 heterocycles. The van der Waals surface area contributed by atoms with Crippen LogP contribution in [0.15, 0.2) is 36.4 Å². The molecule has 0 saturated carbocycles. The molecule has 3 rings (SSSR count). The number of ether oxygens (including phenoxy) is 2. The van der Waals surface area contributed by atoms with Crippen molar-refractivity contribution in [1.29, 1.82) is 0 Å². The maximum Gasteiger partial charge on any atom is 0.258 e. The normalized spacial score (nSPS) is 29.7. The van der Waals surface area contributed by atoms with E-state index in [4.69, 9.17) is 9.47 Å². The molecule has 10 nitrogen and oxygen atoms in total. The van der Waals surface area contributed by atoms with Crippen molar-refractivity contribution >= 4 is 23.5 Å². The van der Waals surface area contributed by atoms with Gasteiger partial charge in [0.1, 0.15) is 30.2 Å². The minimum Gasteiger partial charge on any atom is -0.490 e. The largest absolute Gasteiger partial charge is 0.490 e. The summed E-state index contributed by atoms with van der Waals surface area (Å²) in [6.07, 6.45) is 4.39. The first-order chi connectivity index (χ1) is 19.9. The van der Waals surface area contributed by atoms with Crippen molar-refractivity contribution in [3.8, 4) is 5.75 Å². The molecular formula is C32H48N4O6. The van der Waals surface area contributed by atoms with Crippen LogP contribution in [-0.4, -0.2) is 67.0 Å². The molecule has 0 aromatic heterocycles. The highest BCUT2D eigenvalue weighted by molar-refractivity contribution is 5.92. The molecule has 0 spiro atoms. The number of ketones is 1. The third-order valence-electron chi connectivity index (χ3n) is 8.19. The third kappa shape index (κ3) is 8.64. The molecule has 4 bridgehead atoms. The number of carbonyl (C=O) groups is 4. The van der Waals surface area contributed by atoms with Gasteiger partial charge in [-0.3, -0.25) is 24.2 Å². The van der Waals surface area contributed by atoms with Gasteiger partial charge < -0.3 is 20.1 Å². The quantitative estimate of drug-likeness (QED) is 0.466. The molecule has 0 radical (unpaired) electrons. The Hall–Kier alpha value is -3.24. The van der Waals surface area contributed by atoms with Crippen LogP contribution >= 0.6 is 0 Å². The van der Waals surface area contributed by atoms with E-state index in [2.05, 4.69) is 16.1 Å². The summed E-state index contributed by atoms with van der Waals surface area (Å²) in [4.78, 5) is 53.3. The summed E-state index contributed by atoms with van der Waals surface area (Å²) in [5.74, 6) is -1.43. The fourth-order valence-corrected chi connectivity index (χ4v) is 5.44. The maximum absolute atomic E-state index is 13.4. The zero-order valence-corrected chi connectivity index (χ0v) is 26.0. The lowest BCUT2D eigenvalue weighted by molar-refractivity contribution is -0.144. The molecule has 10 heteroatoms. The van der Waals surface area contributed by atoms with E-state index < -0.39 is 30.0 Å². The first-order valence-electron chi connectivity index (χ1n) is 15.1. The summed E-state index contributed by atoms with van der Waals surface area (Å²) in [6, 6.07) is 5.94. The van der Waals surface area contributed by atoms with Gasteiger partial charge in [0.05, 0.1) is 12.1 Å². The number of fused-ring (bicyclic) bond motifs is 4. The Morgan fingerprint density at radius 2 is 1.74 bits per heavy atom. The van der Waals surface area contributed by atoms with E-state index >= 15 is 0 Å². The zero-order valence-electron chi connectivity index (χ0n) is 26.0. The predicted octanol–water partition coefficient (Wildman–Crippen LogP) is 3.33. The molecule has 1 unspecified atom stereocenters. The van der Waals surface area contributed by atoms with Crippen LogP contribution in [0, 0.1) is 23.7 Å². The fourth-order valence-electron chi connectivity index (χ4n) is 5.44. The Balaban J connectivity index is 1.92. The minimum absolute atomic E-state index is 0.0315. The van der Waals surface area contributed by atoms with Crippen molar-refractivity contribution in [2.24, 2.45) is 23.7 Å². The van der Waals surface area contributed by atoms with Crippen molar-refractivity contribution < 1.29 is 28.7 Å². The van der Waals surface area contributed by atoms with Gasteiger partial charge in [-0.05, 0) is 55.4 Å². The van der Waals surface area contributed by atoms with Gasteiger partial charge in [0.25, 0.3) is 5.91 Å². The lowest BCUT2D eigenvalue weighted by Crippen LogP contribution is -2.61. The van der Waals surface area contributed by atoms with Gasteiger partial charge in [-0.25, -0.2) is 5.43 Å². The Kier molecular flexibility index (Phi) is 12.1. The number of amides is 3. The summed E-state index contributed by atoms with van der Waals surface area (Å²) < 4.78 is 11.6. The van der Waals surface area contributed by atoms with E-state index in [0.29, 0.717) is 25.1 Å². The lowest BCUT2D eigenvalue weighted by atomic mass is 9.85. The highest BCUT2D eigenvalue weighted by atomic mass is 16.5. The highest BCUT2D eigenvalue weighted by Gasteiger charge is 2.35. The zero-order chi connectivity index (χ0) is 31.0. The van der Waals surface area contributed by atoms with Crippen molar-refractivity contribution in [2.75, 3.05) is 20.3 Å². The van der Waals surface area contributed by atoms with Gasteiger partial charge in [-0.1, -0.05) is 52.8 Å².